The number of alkyl halides is 1. The van der Waals surface area contributed by atoms with Crippen molar-refractivity contribution in [3.05, 3.63) is 15.5 Å². The maximum Gasteiger partial charge on any atom is 0.124 e. The number of aromatic nitrogens is 2. The topological polar surface area (TPSA) is 17.8 Å². The molecule has 1 heterocycles. The van der Waals surface area contributed by atoms with Crippen molar-refractivity contribution in [3.8, 4) is 0 Å². The van der Waals surface area contributed by atoms with E-state index in [2.05, 4.69) is 27.7 Å². The van der Waals surface area contributed by atoms with Crippen LogP contribution in [0.4, 0.5) is 4.39 Å². The Hall–Kier alpha value is -0.130. The lowest BCUT2D eigenvalue weighted by molar-refractivity contribution is 0.179. The fraction of sp³-hybridized carbons (Fsp3) is 0.625. The smallest absolute Gasteiger partial charge is 0.124 e. The molecule has 0 aliphatic rings. The second-order valence-electron chi connectivity index (χ2n) is 3.48. The lowest BCUT2D eigenvalue weighted by atomic mass is 10.2. The van der Waals surface area contributed by atoms with Crippen LogP contribution in [0.5, 0.6) is 0 Å². The summed E-state index contributed by atoms with van der Waals surface area (Å²) in [6.07, 6.45) is 1.86. The van der Waals surface area contributed by atoms with E-state index >= 15 is 0 Å². The Balaban J connectivity index is 2.77. The van der Waals surface area contributed by atoms with Crippen LogP contribution >= 0.6 is 22.6 Å². The van der Waals surface area contributed by atoms with Crippen LogP contribution < -0.4 is 0 Å². The SMILES string of the molecule is Cc1nn(CC(C)(C)F)cc1I. The molecule has 1 aromatic rings. The minimum Gasteiger partial charge on any atom is -0.268 e. The average molecular weight is 282 g/mol. The minimum atomic E-state index is -1.19. The summed E-state index contributed by atoms with van der Waals surface area (Å²) in [5.74, 6) is 0. The summed E-state index contributed by atoms with van der Waals surface area (Å²) in [7, 11) is 0. The van der Waals surface area contributed by atoms with Gasteiger partial charge in [-0.25, -0.2) is 4.39 Å². The van der Waals surface area contributed by atoms with Gasteiger partial charge in [0.25, 0.3) is 0 Å². The summed E-state index contributed by atoms with van der Waals surface area (Å²) in [6.45, 7) is 5.34. The minimum absolute atomic E-state index is 0.316. The zero-order chi connectivity index (χ0) is 9.35. The van der Waals surface area contributed by atoms with Gasteiger partial charge >= 0.3 is 0 Å². The molecule has 0 saturated heterocycles. The first kappa shape index (κ1) is 9.95. The van der Waals surface area contributed by atoms with E-state index in [9.17, 15) is 4.39 Å². The Labute approximate surface area is 85.3 Å². The van der Waals surface area contributed by atoms with Crippen LogP contribution in [0.15, 0.2) is 6.20 Å². The lowest BCUT2D eigenvalue weighted by Gasteiger charge is -2.13. The average Bonchev–Trinajstić information content (AvgIpc) is 2.07. The summed E-state index contributed by atoms with van der Waals surface area (Å²) in [4.78, 5) is 0. The quantitative estimate of drug-likeness (QED) is 0.762. The molecule has 0 bridgehead atoms. The normalized spacial score (nSPS) is 12.1. The van der Waals surface area contributed by atoms with Crippen LogP contribution in [0.2, 0.25) is 0 Å². The van der Waals surface area contributed by atoms with Crippen molar-refractivity contribution in [1.82, 2.24) is 9.78 Å². The molecule has 4 heteroatoms. The molecule has 0 aromatic carbocycles. The van der Waals surface area contributed by atoms with Gasteiger partial charge < -0.3 is 0 Å². The molecule has 0 fully saturated rings. The van der Waals surface area contributed by atoms with E-state index in [1.54, 1.807) is 18.5 Å². The summed E-state index contributed by atoms with van der Waals surface area (Å²) < 4.78 is 15.9. The summed E-state index contributed by atoms with van der Waals surface area (Å²) in [5, 5.41) is 4.16. The first-order chi connectivity index (χ1) is 5.38. The van der Waals surface area contributed by atoms with E-state index in [1.165, 1.54) is 0 Å². The van der Waals surface area contributed by atoms with Crippen molar-refractivity contribution >= 4 is 22.6 Å². The Bertz CT molecular complexity index is 256. The van der Waals surface area contributed by atoms with Gasteiger partial charge in [-0.1, -0.05) is 0 Å². The monoisotopic (exact) mass is 282 g/mol. The van der Waals surface area contributed by atoms with Crippen molar-refractivity contribution in [2.45, 2.75) is 33.0 Å². The van der Waals surface area contributed by atoms with E-state index in [0.717, 1.165) is 9.26 Å². The third kappa shape index (κ3) is 2.73. The van der Waals surface area contributed by atoms with Gasteiger partial charge in [0.2, 0.25) is 0 Å². The van der Waals surface area contributed by atoms with Gasteiger partial charge in [-0.3, -0.25) is 4.68 Å². The van der Waals surface area contributed by atoms with Crippen LogP contribution in [0.3, 0.4) is 0 Å². The molecule has 0 spiro atoms. The molecule has 12 heavy (non-hydrogen) atoms. The molecule has 0 saturated carbocycles. The number of rotatable bonds is 2. The Morgan fingerprint density at radius 2 is 2.25 bits per heavy atom. The van der Waals surface area contributed by atoms with Gasteiger partial charge in [0.15, 0.2) is 0 Å². The Morgan fingerprint density at radius 3 is 2.58 bits per heavy atom. The highest BCUT2D eigenvalue weighted by Crippen LogP contribution is 2.14. The zero-order valence-electron chi connectivity index (χ0n) is 7.43. The summed E-state index contributed by atoms with van der Waals surface area (Å²) in [6, 6.07) is 0. The molecule has 0 amide bonds. The predicted molar refractivity (Wildman–Crippen MR) is 54.9 cm³/mol. The fourth-order valence-corrected chi connectivity index (χ4v) is 1.39. The van der Waals surface area contributed by atoms with Gasteiger partial charge in [-0.2, -0.15) is 5.10 Å². The maximum atomic E-state index is 13.2. The lowest BCUT2D eigenvalue weighted by Crippen LogP contribution is -2.21. The van der Waals surface area contributed by atoms with Crippen LogP contribution in [0, 0.1) is 10.5 Å². The van der Waals surface area contributed by atoms with Gasteiger partial charge in [0.05, 0.1) is 15.8 Å². The largest absolute Gasteiger partial charge is 0.268 e. The van der Waals surface area contributed by atoms with Gasteiger partial charge in [-0.15, -0.1) is 0 Å². The second-order valence-corrected chi connectivity index (χ2v) is 4.64. The van der Waals surface area contributed by atoms with Crippen LogP contribution in [-0.2, 0) is 6.54 Å². The molecule has 2 nitrogen and oxygen atoms in total. The zero-order valence-corrected chi connectivity index (χ0v) is 9.59. The van der Waals surface area contributed by atoms with Crippen LogP contribution in [-0.4, -0.2) is 15.4 Å². The molecule has 0 unspecified atom stereocenters. The number of aryl methyl sites for hydroxylation is 1. The summed E-state index contributed by atoms with van der Waals surface area (Å²) >= 11 is 2.19. The van der Waals surface area contributed by atoms with E-state index in [-0.39, 0.29) is 0 Å². The highest BCUT2D eigenvalue weighted by Gasteiger charge is 2.17. The standard InChI is InChI=1S/C8H12FIN2/c1-6-7(10)4-12(11-6)5-8(2,3)9/h4H,5H2,1-3H3. The third-order valence-corrected chi connectivity index (χ3v) is 2.48. The van der Waals surface area contributed by atoms with Gasteiger partial charge in [0, 0.05) is 6.20 Å². The molecule has 68 valence electrons. The maximum absolute atomic E-state index is 13.2. The molecule has 0 aliphatic carbocycles. The Morgan fingerprint density at radius 1 is 1.67 bits per heavy atom. The molecule has 0 N–H and O–H groups in total. The van der Waals surface area contributed by atoms with E-state index in [4.69, 9.17) is 0 Å². The van der Waals surface area contributed by atoms with Gasteiger partial charge in [0.1, 0.15) is 5.67 Å². The van der Waals surface area contributed by atoms with Crippen molar-refractivity contribution in [2.24, 2.45) is 0 Å². The number of hydrogen-bond donors (Lipinski definition) is 0. The van der Waals surface area contributed by atoms with Crippen molar-refractivity contribution in [3.63, 3.8) is 0 Å². The van der Waals surface area contributed by atoms with E-state index < -0.39 is 5.67 Å². The first-order valence-corrected chi connectivity index (χ1v) is 4.85. The first-order valence-electron chi connectivity index (χ1n) is 3.77. The predicted octanol–water partition coefficient (Wildman–Crippen LogP) is 2.54. The molecular weight excluding hydrogens is 270 g/mol. The van der Waals surface area contributed by atoms with E-state index in [0.29, 0.717) is 6.54 Å². The molecule has 0 aliphatic heterocycles. The molecule has 0 radical (unpaired) electrons. The molecule has 0 atom stereocenters. The number of halogens is 2. The van der Waals surface area contributed by atoms with Crippen LogP contribution in [0.1, 0.15) is 19.5 Å². The van der Waals surface area contributed by atoms with Crippen molar-refractivity contribution in [1.29, 1.82) is 0 Å². The van der Waals surface area contributed by atoms with Gasteiger partial charge in [-0.05, 0) is 43.4 Å². The molecule has 1 aromatic heterocycles. The fourth-order valence-electron chi connectivity index (χ4n) is 0.960. The second kappa shape index (κ2) is 3.32. The van der Waals surface area contributed by atoms with Crippen molar-refractivity contribution < 1.29 is 4.39 Å². The highest BCUT2D eigenvalue weighted by molar-refractivity contribution is 14.1. The molecule has 1 rings (SSSR count). The number of hydrogen-bond acceptors (Lipinski definition) is 1. The number of nitrogens with zero attached hydrogens (tertiary/aromatic N) is 2. The van der Waals surface area contributed by atoms with E-state index in [1.807, 2.05) is 13.1 Å². The molecular formula is C8H12FIN2. The van der Waals surface area contributed by atoms with Crippen LogP contribution in [0.25, 0.3) is 0 Å². The Kier molecular flexibility index (Phi) is 2.75. The third-order valence-electron chi connectivity index (χ3n) is 1.42. The highest BCUT2D eigenvalue weighted by atomic mass is 127. The summed E-state index contributed by atoms with van der Waals surface area (Å²) in [5.41, 5.74) is -0.235. The van der Waals surface area contributed by atoms with Crippen molar-refractivity contribution in [2.75, 3.05) is 0 Å².